The number of hydrogen-bond acceptors (Lipinski definition) is 8. The van der Waals surface area contributed by atoms with Crippen LogP contribution in [0.15, 0.2) is 189 Å². The van der Waals surface area contributed by atoms with Gasteiger partial charge in [-0.1, -0.05) is 218 Å². The molecule has 0 heterocycles. The van der Waals surface area contributed by atoms with Gasteiger partial charge in [0.05, 0.1) is 19.6 Å². The third-order valence-corrected chi connectivity index (χ3v) is 22.1. The topological polar surface area (TPSA) is 143 Å². The number of nitrogens with zero attached hydrogens (tertiary/aromatic N) is 2. The maximum Gasteiger partial charge on any atom is 0.256 e. The highest BCUT2D eigenvalue weighted by Gasteiger charge is 2.37. The van der Waals surface area contributed by atoms with Crippen molar-refractivity contribution in [3.63, 3.8) is 0 Å². The SMILES string of the molecule is CCCCCCCCN(S(=O)(=O)c1ccc(C)cc1)S(=O)(=O)c1ccc(-c2ccc(-c3ccc(-c4ccc(-c5ccc(S(=O)(=O)N(CCCCCCCC)S(=O)(=O)c6ccc(C)cc6)cc5)cc4)cc3)cc2)cc1. The molecule has 14 heteroatoms. The molecule has 0 aliphatic heterocycles. The molecule has 0 spiro atoms. The van der Waals surface area contributed by atoms with Crippen LogP contribution in [0.25, 0.3) is 44.5 Å². The highest BCUT2D eigenvalue weighted by Crippen LogP contribution is 2.33. The minimum absolute atomic E-state index is 0.0589. The molecule has 74 heavy (non-hydrogen) atoms. The molecule has 10 nitrogen and oxygen atoms in total. The number of sulfonamides is 4. The number of hydrogen-bond donors (Lipinski definition) is 0. The molecule has 0 radical (unpaired) electrons. The van der Waals surface area contributed by atoms with Crippen LogP contribution in [-0.2, 0) is 40.1 Å². The Labute approximate surface area is 441 Å². The summed E-state index contributed by atoms with van der Waals surface area (Å²) in [5.74, 6) is 0. The van der Waals surface area contributed by atoms with Crippen LogP contribution >= 0.6 is 0 Å². The van der Waals surface area contributed by atoms with Gasteiger partial charge in [0.1, 0.15) is 0 Å². The Kier molecular flexibility index (Phi) is 19.1. The van der Waals surface area contributed by atoms with E-state index >= 15 is 0 Å². The molecule has 0 amide bonds. The molecule has 0 saturated carbocycles. The van der Waals surface area contributed by atoms with Crippen LogP contribution in [0.1, 0.15) is 102 Å². The quantitative estimate of drug-likeness (QED) is 0.0488. The zero-order valence-electron chi connectivity index (χ0n) is 42.9. The van der Waals surface area contributed by atoms with E-state index in [2.05, 4.69) is 13.8 Å². The molecule has 7 rings (SSSR count). The van der Waals surface area contributed by atoms with Crippen molar-refractivity contribution in [2.24, 2.45) is 0 Å². The van der Waals surface area contributed by atoms with Gasteiger partial charge in [-0.25, -0.2) is 33.7 Å². The molecule has 390 valence electrons. The van der Waals surface area contributed by atoms with Gasteiger partial charge < -0.3 is 0 Å². The zero-order valence-corrected chi connectivity index (χ0v) is 46.1. The van der Waals surface area contributed by atoms with Gasteiger partial charge in [0.15, 0.2) is 0 Å². The van der Waals surface area contributed by atoms with Crippen molar-refractivity contribution in [1.29, 1.82) is 0 Å². The standard InChI is InChI=1S/C60H68N2O8S4/c1-5-7-9-11-13-15-45-61(71(63,64)57-37-17-47(3)18-38-57)73(67,68)59-41-33-55(34-42-59)53-29-25-51(26-30-53)49-21-23-50(24-22-49)52-27-31-54(32-28-52)56-35-43-60(44-36-56)74(69,70)62(46-16-14-12-10-8-6-2)72(65,66)58-39-19-48(4)20-40-58/h17-44H,5-16,45-46H2,1-4H3. The van der Waals surface area contributed by atoms with Crippen molar-refractivity contribution in [2.75, 3.05) is 13.1 Å². The molecule has 0 aliphatic carbocycles. The lowest BCUT2D eigenvalue weighted by atomic mass is 9.97. The highest BCUT2D eigenvalue weighted by atomic mass is 32.3. The minimum atomic E-state index is -4.41. The summed E-state index contributed by atoms with van der Waals surface area (Å²) in [7, 11) is -17.5. The first-order chi connectivity index (χ1) is 35.5. The Bertz CT molecular complexity index is 3150. The first kappa shape index (κ1) is 56.0. The number of benzene rings is 7. The fourth-order valence-corrected chi connectivity index (χ4v) is 16.3. The van der Waals surface area contributed by atoms with E-state index < -0.39 is 40.1 Å². The van der Waals surface area contributed by atoms with Gasteiger partial charge >= 0.3 is 0 Å². The van der Waals surface area contributed by atoms with Crippen molar-refractivity contribution in [1.82, 2.24) is 7.42 Å². The number of aryl methyl sites for hydroxylation is 2. The molecule has 0 atom stereocenters. The summed E-state index contributed by atoms with van der Waals surface area (Å²) in [5, 5.41) is 0. The summed E-state index contributed by atoms with van der Waals surface area (Å²) in [6.45, 7) is 7.67. The Hall–Kier alpha value is -5.74. The molecule has 0 aliphatic rings. The van der Waals surface area contributed by atoms with Gasteiger partial charge in [0.2, 0.25) is 0 Å². The van der Waals surface area contributed by atoms with Gasteiger partial charge in [-0.05, 0) is 120 Å². The lowest BCUT2D eigenvalue weighted by Crippen LogP contribution is -2.37. The van der Waals surface area contributed by atoms with Crippen molar-refractivity contribution in [3.05, 3.63) is 181 Å². The monoisotopic (exact) mass is 1070 g/mol. The van der Waals surface area contributed by atoms with Crippen LogP contribution in [0.3, 0.4) is 0 Å². The largest absolute Gasteiger partial charge is 0.256 e. The lowest BCUT2D eigenvalue weighted by molar-refractivity contribution is 0.477. The normalized spacial score (nSPS) is 12.4. The second-order valence-corrected chi connectivity index (χ2v) is 26.9. The van der Waals surface area contributed by atoms with Crippen molar-refractivity contribution >= 4 is 40.1 Å². The molecule has 0 unspecified atom stereocenters. The first-order valence-electron chi connectivity index (χ1n) is 25.7. The lowest BCUT2D eigenvalue weighted by Gasteiger charge is -2.22. The maximum absolute atomic E-state index is 14.1. The minimum Gasteiger partial charge on any atom is -0.206 e. The van der Waals surface area contributed by atoms with Gasteiger partial charge in [-0.2, -0.15) is 0 Å². The second-order valence-electron chi connectivity index (χ2n) is 19.0. The summed E-state index contributed by atoms with van der Waals surface area (Å²) in [4.78, 5) is -0.298. The predicted molar refractivity (Wildman–Crippen MR) is 299 cm³/mol. The average molecular weight is 1070 g/mol. The molecule has 7 aromatic carbocycles. The summed E-state index contributed by atoms with van der Waals surface area (Å²) < 4.78 is 113. The van der Waals surface area contributed by atoms with E-state index in [9.17, 15) is 33.7 Å². The van der Waals surface area contributed by atoms with E-state index in [1.807, 2.05) is 86.6 Å². The van der Waals surface area contributed by atoms with E-state index in [0.717, 1.165) is 120 Å². The van der Waals surface area contributed by atoms with Gasteiger partial charge in [-0.15, -0.1) is 0 Å². The predicted octanol–water partition coefficient (Wildman–Crippen LogP) is 14.5. The summed E-state index contributed by atoms with van der Waals surface area (Å²) in [6.07, 6.45) is 10.5. The van der Waals surface area contributed by atoms with Crippen LogP contribution in [0.4, 0.5) is 0 Å². The molecule has 0 N–H and O–H groups in total. The molecule has 7 aromatic rings. The molecule has 0 saturated heterocycles. The van der Waals surface area contributed by atoms with E-state index in [-0.39, 0.29) is 32.7 Å². The summed E-state index contributed by atoms with van der Waals surface area (Å²) in [6, 6.07) is 49.3. The van der Waals surface area contributed by atoms with Gasteiger partial charge in [0.25, 0.3) is 40.1 Å². The van der Waals surface area contributed by atoms with E-state index in [1.165, 1.54) is 48.5 Å². The first-order valence-corrected chi connectivity index (χ1v) is 31.4. The van der Waals surface area contributed by atoms with Crippen molar-refractivity contribution in [3.8, 4) is 44.5 Å². The molecule has 0 bridgehead atoms. The summed E-state index contributed by atoms with van der Waals surface area (Å²) in [5.41, 5.74) is 9.06. The van der Waals surface area contributed by atoms with Crippen LogP contribution in [-0.4, -0.2) is 54.2 Å². The summed E-state index contributed by atoms with van der Waals surface area (Å²) >= 11 is 0. The van der Waals surface area contributed by atoms with Crippen LogP contribution in [0.2, 0.25) is 0 Å². The third kappa shape index (κ3) is 13.6. The third-order valence-electron chi connectivity index (χ3n) is 13.4. The molecular formula is C60H68N2O8S4. The fourth-order valence-electron chi connectivity index (χ4n) is 8.88. The van der Waals surface area contributed by atoms with Gasteiger partial charge in [0, 0.05) is 13.1 Å². The number of rotatable bonds is 26. The average Bonchev–Trinajstić information content (AvgIpc) is 3.40. The number of unbranched alkanes of at least 4 members (excludes halogenated alkanes) is 10. The Morgan fingerprint density at radius 3 is 0.649 bits per heavy atom. The zero-order chi connectivity index (χ0) is 52.9. The Balaban J connectivity index is 1.01. The maximum atomic E-state index is 14.1. The Morgan fingerprint density at radius 2 is 0.432 bits per heavy atom. The van der Waals surface area contributed by atoms with Crippen molar-refractivity contribution < 1.29 is 33.7 Å². The van der Waals surface area contributed by atoms with Crippen LogP contribution in [0, 0.1) is 13.8 Å². The van der Waals surface area contributed by atoms with E-state index in [1.54, 1.807) is 48.5 Å². The van der Waals surface area contributed by atoms with Crippen LogP contribution in [0.5, 0.6) is 0 Å². The van der Waals surface area contributed by atoms with E-state index in [0.29, 0.717) is 20.3 Å². The van der Waals surface area contributed by atoms with E-state index in [4.69, 9.17) is 0 Å². The fraction of sp³-hybridized carbons (Fsp3) is 0.300. The highest BCUT2D eigenvalue weighted by molar-refractivity contribution is 8.04. The molecular weight excluding hydrogens is 1000 g/mol. The molecule has 0 fully saturated rings. The Morgan fingerprint density at radius 1 is 0.257 bits per heavy atom. The smallest absolute Gasteiger partial charge is 0.206 e. The van der Waals surface area contributed by atoms with Crippen molar-refractivity contribution in [2.45, 2.75) is 124 Å². The molecule has 0 aromatic heterocycles. The van der Waals surface area contributed by atoms with Gasteiger partial charge in [-0.3, -0.25) is 0 Å². The second kappa shape index (κ2) is 25.2. The van der Waals surface area contributed by atoms with Crippen LogP contribution < -0.4 is 0 Å².